The molecule has 6 nitrogen and oxygen atoms in total. The fourth-order valence-corrected chi connectivity index (χ4v) is 4.71. The van der Waals surface area contributed by atoms with E-state index < -0.39 is 35.9 Å². The molecule has 0 aromatic heterocycles. The summed E-state index contributed by atoms with van der Waals surface area (Å²) in [5.74, 6) is 0.0335. The highest BCUT2D eigenvalue weighted by molar-refractivity contribution is 5.78. The number of halogens is 3. The summed E-state index contributed by atoms with van der Waals surface area (Å²) < 4.78 is 57.7. The summed E-state index contributed by atoms with van der Waals surface area (Å²) >= 11 is 0. The van der Waals surface area contributed by atoms with Crippen molar-refractivity contribution in [2.75, 3.05) is 13.2 Å². The second-order valence-corrected chi connectivity index (χ2v) is 9.20. The number of hydrogen-bond acceptors (Lipinski definition) is 5. The zero-order chi connectivity index (χ0) is 28.2. The number of benzene rings is 3. The normalized spacial score (nSPS) is 17.2. The average molecular weight is 542 g/mol. The van der Waals surface area contributed by atoms with Crippen LogP contribution in [0.15, 0.2) is 66.7 Å². The van der Waals surface area contributed by atoms with Crippen LogP contribution in [0.5, 0.6) is 5.75 Å². The molecule has 9 heteroatoms. The number of amides is 1. The van der Waals surface area contributed by atoms with Crippen molar-refractivity contribution >= 4 is 12.1 Å². The highest BCUT2D eigenvalue weighted by Gasteiger charge is 2.40. The zero-order valence-electron chi connectivity index (χ0n) is 22.0. The molecule has 0 unspecified atom stereocenters. The molecule has 1 aliphatic heterocycles. The summed E-state index contributed by atoms with van der Waals surface area (Å²) in [5.41, 5.74) is 1.84. The fraction of sp³-hybridized carbons (Fsp3) is 0.333. The van der Waals surface area contributed by atoms with Gasteiger partial charge in [0.1, 0.15) is 11.9 Å². The Morgan fingerprint density at radius 3 is 2.38 bits per heavy atom. The molecule has 3 aromatic carbocycles. The van der Waals surface area contributed by atoms with Gasteiger partial charge in [-0.1, -0.05) is 42.5 Å². The minimum Gasteiger partial charge on any atom is -0.493 e. The largest absolute Gasteiger partial charge is 0.493 e. The van der Waals surface area contributed by atoms with Gasteiger partial charge in [-0.15, -0.1) is 0 Å². The molecule has 1 aliphatic rings. The van der Waals surface area contributed by atoms with Gasteiger partial charge in [0.15, 0.2) is 0 Å². The summed E-state index contributed by atoms with van der Waals surface area (Å²) in [5, 5.41) is 0. The number of hydrogen-bond donors (Lipinski definition) is 0. The number of esters is 1. The van der Waals surface area contributed by atoms with Crippen LogP contribution < -0.4 is 4.74 Å². The summed E-state index contributed by atoms with van der Waals surface area (Å²) in [7, 11) is 0. The van der Waals surface area contributed by atoms with E-state index in [1.165, 1.54) is 11.0 Å². The van der Waals surface area contributed by atoms with E-state index in [-0.39, 0.29) is 25.1 Å². The molecule has 2 atom stereocenters. The third-order valence-electron chi connectivity index (χ3n) is 6.58. The number of ether oxygens (including phenoxy) is 3. The third kappa shape index (κ3) is 6.35. The lowest BCUT2D eigenvalue weighted by atomic mass is 9.93. The highest BCUT2D eigenvalue weighted by atomic mass is 19.4. The number of rotatable bonds is 9. The molecule has 0 aliphatic carbocycles. The lowest BCUT2D eigenvalue weighted by Gasteiger charge is -2.24. The predicted octanol–water partition coefficient (Wildman–Crippen LogP) is 6.96. The molecule has 0 N–H and O–H groups in total. The van der Waals surface area contributed by atoms with E-state index in [2.05, 4.69) is 0 Å². The first-order valence-corrected chi connectivity index (χ1v) is 12.8. The van der Waals surface area contributed by atoms with Crippen molar-refractivity contribution in [2.45, 2.75) is 52.1 Å². The van der Waals surface area contributed by atoms with Gasteiger partial charge in [0.05, 0.1) is 37.8 Å². The first-order valence-electron chi connectivity index (χ1n) is 12.8. The molecule has 0 spiro atoms. The van der Waals surface area contributed by atoms with Crippen LogP contribution in [0.2, 0.25) is 0 Å². The molecular weight excluding hydrogens is 511 g/mol. The maximum Gasteiger partial charge on any atom is 0.416 e. The Labute approximate surface area is 225 Å². The summed E-state index contributed by atoms with van der Waals surface area (Å²) in [6, 6.07) is 17.3. The number of alkyl halides is 3. The minimum absolute atomic E-state index is 0.00253. The van der Waals surface area contributed by atoms with E-state index in [1.807, 2.05) is 30.3 Å². The van der Waals surface area contributed by atoms with E-state index >= 15 is 0 Å². The van der Waals surface area contributed by atoms with Gasteiger partial charge in [-0.05, 0) is 67.3 Å². The molecule has 1 amide bonds. The van der Waals surface area contributed by atoms with Crippen LogP contribution in [0.1, 0.15) is 49.1 Å². The Balaban J connectivity index is 1.77. The van der Waals surface area contributed by atoms with Crippen LogP contribution >= 0.6 is 0 Å². The lowest BCUT2D eigenvalue weighted by molar-refractivity contribution is -0.142. The van der Waals surface area contributed by atoms with Gasteiger partial charge in [0, 0.05) is 5.56 Å². The molecule has 0 saturated carbocycles. The van der Waals surface area contributed by atoms with Gasteiger partial charge in [-0.2, -0.15) is 13.2 Å². The monoisotopic (exact) mass is 541 g/mol. The second-order valence-electron chi connectivity index (χ2n) is 9.20. The third-order valence-corrected chi connectivity index (χ3v) is 6.58. The predicted molar refractivity (Wildman–Crippen MR) is 139 cm³/mol. The summed E-state index contributed by atoms with van der Waals surface area (Å²) in [6.07, 6.45) is -5.75. The number of cyclic esters (lactones) is 1. The van der Waals surface area contributed by atoms with Crippen molar-refractivity contribution in [3.8, 4) is 16.9 Å². The number of nitrogens with zero attached hydrogens (tertiary/aromatic N) is 1. The quantitative estimate of drug-likeness (QED) is 0.274. The van der Waals surface area contributed by atoms with Crippen LogP contribution in [0.25, 0.3) is 11.1 Å². The number of carbonyl (C=O) groups excluding carboxylic acids is 2. The maximum atomic E-state index is 13.8. The van der Waals surface area contributed by atoms with E-state index in [1.54, 1.807) is 39.0 Å². The van der Waals surface area contributed by atoms with E-state index in [0.717, 1.165) is 17.7 Å². The van der Waals surface area contributed by atoms with E-state index in [4.69, 9.17) is 14.2 Å². The molecule has 3 aromatic rings. The van der Waals surface area contributed by atoms with Gasteiger partial charge >= 0.3 is 18.2 Å². The average Bonchev–Trinajstić information content (AvgIpc) is 3.18. The molecule has 1 fully saturated rings. The zero-order valence-corrected chi connectivity index (χ0v) is 22.0. The molecule has 0 radical (unpaired) electrons. The molecule has 1 heterocycles. The molecular formula is C30H30F3NO5. The molecule has 4 rings (SSSR count). The number of carbonyl (C=O) groups is 2. The Morgan fingerprint density at radius 2 is 1.72 bits per heavy atom. The summed E-state index contributed by atoms with van der Waals surface area (Å²) in [4.78, 5) is 26.5. The Hall–Kier alpha value is -4.01. The maximum absolute atomic E-state index is 13.8. The van der Waals surface area contributed by atoms with Crippen LogP contribution in [0, 0.1) is 0 Å². The Kier molecular flexibility index (Phi) is 8.47. The van der Waals surface area contributed by atoms with Crippen LogP contribution in [-0.2, 0) is 33.4 Å². The smallest absolute Gasteiger partial charge is 0.416 e. The SMILES string of the molecule is CCOC(=O)Cc1ccc(OCC)c(-c2ccc(C(F)(F)F)cc2CN2C(=O)O[C@H](c3ccccc3)[C@@H]2C)c1. The molecule has 0 bridgehead atoms. The molecule has 206 valence electrons. The topological polar surface area (TPSA) is 65.1 Å². The van der Waals surface area contributed by atoms with Gasteiger partial charge in [-0.3, -0.25) is 9.69 Å². The fourth-order valence-electron chi connectivity index (χ4n) is 4.71. The van der Waals surface area contributed by atoms with Crippen LogP contribution in [0.3, 0.4) is 0 Å². The van der Waals surface area contributed by atoms with Crippen LogP contribution in [0.4, 0.5) is 18.0 Å². The van der Waals surface area contributed by atoms with Gasteiger partial charge < -0.3 is 14.2 Å². The Bertz CT molecular complexity index is 1330. The molecule has 39 heavy (non-hydrogen) atoms. The van der Waals surface area contributed by atoms with Crippen molar-refractivity contribution in [3.05, 3.63) is 89.0 Å². The standard InChI is InChI=1S/C30H30F3NO5/c1-4-37-26-14-11-20(16-27(35)38-5-2)15-25(26)24-13-12-23(30(31,32)33)17-22(24)18-34-19(3)28(39-29(34)36)21-9-7-6-8-10-21/h6-15,17,19,28H,4-5,16,18H2,1-3H3/t19-,28-/m0/s1. The lowest BCUT2D eigenvalue weighted by Crippen LogP contribution is -2.31. The van der Waals surface area contributed by atoms with Crippen molar-refractivity contribution in [2.24, 2.45) is 0 Å². The van der Waals surface area contributed by atoms with E-state index in [0.29, 0.717) is 29.0 Å². The summed E-state index contributed by atoms with van der Waals surface area (Å²) in [6.45, 7) is 5.77. The molecule has 1 saturated heterocycles. The highest BCUT2D eigenvalue weighted by Crippen LogP contribution is 2.40. The van der Waals surface area contributed by atoms with E-state index in [9.17, 15) is 22.8 Å². The Morgan fingerprint density at radius 1 is 0.974 bits per heavy atom. The van der Waals surface area contributed by atoms with Crippen molar-refractivity contribution in [1.82, 2.24) is 4.90 Å². The van der Waals surface area contributed by atoms with Crippen molar-refractivity contribution < 1.29 is 37.0 Å². The first-order chi connectivity index (χ1) is 18.6. The van der Waals surface area contributed by atoms with Gasteiger partial charge in [-0.25, -0.2) is 4.79 Å². The second kappa shape index (κ2) is 11.8. The minimum atomic E-state index is -4.58. The van der Waals surface area contributed by atoms with Crippen molar-refractivity contribution in [1.29, 1.82) is 0 Å². The van der Waals surface area contributed by atoms with Crippen LogP contribution in [-0.4, -0.2) is 36.2 Å². The van der Waals surface area contributed by atoms with Crippen molar-refractivity contribution in [3.63, 3.8) is 0 Å². The van der Waals surface area contributed by atoms with Gasteiger partial charge in [0.2, 0.25) is 0 Å². The first kappa shape index (κ1) is 28.0. The van der Waals surface area contributed by atoms with Gasteiger partial charge in [0.25, 0.3) is 0 Å².